The number of hydroxylamine groups is 4. The van der Waals surface area contributed by atoms with E-state index >= 15 is 0 Å². The van der Waals surface area contributed by atoms with Crippen molar-refractivity contribution in [3.63, 3.8) is 0 Å². The van der Waals surface area contributed by atoms with Crippen LogP contribution in [0, 0.1) is 0 Å². The molecule has 9 atom stereocenters. The summed E-state index contributed by atoms with van der Waals surface area (Å²) >= 11 is 0. The standard InChI is InChI=1S/C39H46NO6P.C36H39NO6.C11H18O3P2/c1-4-36(40(31-41)46-30-35-23-15-8-16-24-35)38(44-28-33-19-11-6-12-20-33)39(45-29-34-21-13-7-14-22-34)37(25-26-47(2,3)42)43-27-32-17-9-5-10-18-32;1-2-33(37(28-39)43-27-32-21-13-6-14-22-32)35(41-25-30-17-9-4-10-18-30)36(42-26-31-19-11-5-12-20-31)34(23-38)40-24-29-15-7-3-8-16-29;1-15(2,12)10-16(3,13)14-9-11-7-5-4-6-8-11/h5-26,31,36-39H,4,27-30H2,1-3H3;3-23,28,33-36H,2,24-27H2,1H3;4-8H,9-10H2,1-3H3/b26-25+;;/t36?,37-,38+,39-;33?,34-,35+,36-;/m11./s1. The molecule has 9 aromatic carbocycles. The summed E-state index contributed by atoms with van der Waals surface area (Å²) in [6, 6.07) is 86.4. The van der Waals surface area contributed by atoms with Crippen molar-refractivity contribution in [1.82, 2.24) is 10.1 Å². The summed E-state index contributed by atoms with van der Waals surface area (Å²) < 4.78 is 81.2. The van der Waals surface area contributed by atoms with Crippen LogP contribution in [0.5, 0.6) is 0 Å². The molecule has 562 valence electrons. The molecule has 0 N–H and O–H groups in total. The van der Waals surface area contributed by atoms with E-state index in [2.05, 4.69) is 0 Å². The van der Waals surface area contributed by atoms with E-state index in [0.29, 0.717) is 38.9 Å². The Kier molecular flexibility index (Phi) is 37.4. The van der Waals surface area contributed by atoms with Crippen LogP contribution in [0.15, 0.2) is 285 Å². The molecule has 0 saturated carbocycles. The third kappa shape index (κ3) is 32.0. The molecular weight excluding hydrogens is 1390 g/mol. The number of nitrogens with zero attached hydrogens (tertiary/aromatic N) is 2. The van der Waals surface area contributed by atoms with Gasteiger partial charge in [0, 0.05) is 6.66 Å². The lowest BCUT2D eigenvalue weighted by molar-refractivity contribution is -0.231. The predicted octanol–water partition coefficient (Wildman–Crippen LogP) is 18.2. The van der Waals surface area contributed by atoms with Crippen molar-refractivity contribution in [2.75, 3.05) is 39.2 Å². The smallest absolute Gasteiger partial charge is 0.233 e. The summed E-state index contributed by atoms with van der Waals surface area (Å²) in [6.45, 7) is 14.4. The molecule has 9 aromatic rings. The van der Waals surface area contributed by atoms with Crippen molar-refractivity contribution in [3.8, 4) is 0 Å². The van der Waals surface area contributed by atoms with Gasteiger partial charge >= 0.3 is 0 Å². The van der Waals surface area contributed by atoms with E-state index in [1.165, 1.54) is 10.1 Å². The molecule has 0 aliphatic heterocycles. The Balaban J connectivity index is 0.000000246. The molecule has 0 aliphatic carbocycles. The average Bonchev–Trinajstić information content (AvgIpc) is 0.823. The van der Waals surface area contributed by atoms with Gasteiger partial charge in [-0.1, -0.05) is 287 Å². The zero-order chi connectivity index (χ0) is 75.7. The summed E-state index contributed by atoms with van der Waals surface area (Å²) in [4.78, 5) is 49.9. The monoisotopic (exact) mass is 1500 g/mol. The number of ether oxygens (including phenoxy) is 6. The predicted molar refractivity (Wildman–Crippen MR) is 420 cm³/mol. The first-order chi connectivity index (χ1) is 51.4. The number of amides is 2. The van der Waals surface area contributed by atoms with Gasteiger partial charge in [0.15, 0.2) is 6.29 Å². The summed E-state index contributed by atoms with van der Waals surface area (Å²) in [6.07, 6.45) is 0.181. The van der Waals surface area contributed by atoms with E-state index in [9.17, 15) is 28.1 Å². The summed E-state index contributed by atoms with van der Waals surface area (Å²) in [5, 5.41) is 2.62. The number of benzene rings is 9. The molecular formula is C86H103N2O15P3. The Morgan fingerprint density at radius 1 is 0.321 bits per heavy atom. The van der Waals surface area contributed by atoms with Crippen LogP contribution >= 0.6 is 21.7 Å². The highest BCUT2D eigenvalue weighted by atomic mass is 31.2. The third-order valence-corrected chi connectivity index (χ3v) is 23.0. The minimum Gasteiger partial charge on any atom is -0.368 e. The zero-order valence-electron chi connectivity index (χ0n) is 61.8. The molecule has 0 spiro atoms. The van der Waals surface area contributed by atoms with Crippen LogP contribution in [0.2, 0.25) is 0 Å². The van der Waals surface area contributed by atoms with Gasteiger partial charge in [-0.05, 0) is 101 Å². The zero-order valence-corrected chi connectivity index (χ0v) is 64.5. The minimum atomic E-state index is -2.74. The molecule has 106 heavy (non-hydrogen) atoms. The van der Waals surface area contributed by atoms with Crippen LogP contribution in [-0.2, 0) is 130 Å². The van der Waals surface area contributed by atoms with E-state index in [1.807, 2.05) is 293 Å². The lowest BCUT2D eigenvalue weighted by Crippen LogP contribution is -2.54. The van der Waals surface area contributed by atoms with Crippen LogP contribution < -0.4 is 0 Å². The second-order valence-corrected chi connectivity index (χ2v) is 36.1. The van der Waals surface area contributed by atoms with Crippen LogP contribution in [-0.4, -0.2) is 117 Å². The molecule has 0 fully saturated rings. The second kappa shape index (κ2) is 46.7. The summed E-state index contributed by atoms with van der Waals surface area (Å²) in [5.74, 6) is 1.88. The Labute approximate surface area is 627 Å². The number of carbonyl (C=O) groups is 3. The molecule has 0 radical (unpaired) electrons. The van der Waals surface area contributed by atoms with Gasteiger partial charge < -0.3 is 46.9 Å². The van der Waals surface area contributed by atoms with E-state index < -0.39 is 70.4 Å². The molecule has 0 aliphatic rings. The van der Waals surface area contributed by atoms with Gasteiger partial charge in [-0.3, -0.25) is 23.8 Å². The van der Waals surface area contributed by atoms with Crippen molar-refractivity contribution >= 4 is 40.8 Å². The highest BCUT2D eigenvalue weighted by Gasteiger charge is 2.42. The lowest BCUT2D eigenvalue weighted by atomic mass is 9.97. The number of hydrogen-bond acceptors (Lipinski definition) is 15. The van der Waals surface area contributed by atoms with Crippen LogP contribution in [0.3, 0.4) is 0 Å². The number of aldehydes is 1. The van der Waals surface area contributed by atoms with Gasteiger partial charge in [-0.25, -0.2) is 10.1 Å². The topological polar surface area (TPSA) is 192 Å². The first kappa shape index (κ1) is 84.9. The fourth-order valence-electron chi connectivity index (χ4n) is 11.4. The molecule has 0 aromatic heterocycles. The number of rotatable bonds is 44. The van der Waals surface area contributed by atoms with Gasteiger partial charge in [0.25, 0.3) is 0 Å². The van der Waals surface area contributed by atoms with Crippen molar-refractivity contribution in [2.24, 2.45) is 0 Å². The van der Waals surface area contributed by atoms with Gasteiger partial charge in [-0.15, -0.1) is 0 Å². The van der Waals surface area contributed by atoms with E-state index in [4.69, 9.17) is 42.6 Å². The Morgan fingerprint density at radius 3 is 0.821 bits per heavy atom. The second-order valence-electron chi connectivity index (χ2n) is 26.4. The highest BCUT2D eigenvalue weighted by molar-refractivity contribution is 7.77. The fraction of sp³-hybridized carbons (Fsp3) is 0.314. The summed E-state index contributed by atoms with van der Waals surface area (Å²) in [5.41, 5.74) is 8.56. The Hall–Kier alpha value is -8.34. The average molecular weight is 1500 g/mol. The number of hydrogen-bond donors (Lipinski definition) is 0. The van der Waals surface area contributed by atoms with Gasteiger partial charge in [-0.2, -0.15) is 0 Å². The molecule has 17 nitrogen and oxygen atoms in total. The normalized spacial score (nSPS) is 14.4. The largest absolute Gasteiger partial charge is 0.368 e. The van der Waals surface area contributed by atoms with Gasteiger partial charge in [0.05, 0.1) is 71.4 Å². The van der Waals surface area contributed by atoms with Crippen molar-refractivity contribution < 1.29 is 70.7 Å². The van der Waals surface area contributed by atoms with Crippen molar-refractivity contribution in [1.29, 1.82) is 0 Å². The molecule has 20 heteroatoms. The van der Waals surface area contributed by atoms with Gasteiger partial charge in [0.1, 0.15) is 57.0 Å². The van der Waals surface area contributed by atoms with E-state index in [0.717, 1.165) is 56.4 Å². The summed E-state index contributed by atoms with van der Waals surface area (Å²) in [7, 11) is -7.61. The fourth-order valence-corrected chi connectivity index (χ4v) is 17.7. The lowest BCUT2D eigenvalue weighted by Gasteiger charge is -2.39. The van der Waals surface area contributed by atoms with E-state index in [1.54, 1.807) is 39.1 Å². The first-order valence-corrected chi connectivity index (χ1v) is 43.3. The third-order valence-electron chi connectivity index (χ3n) is 16.6. The van der Waals surface area contributed by atoms with Gasteiger partial charge in [0.2, 0.25) is 20.2 Å². The Morgan fingerprint density at radius 2 is 0.566 bits per heavy atom. The molecule has 0 bridgehead atoms. The minimum absolute atomic E-state index is 0.173. The molecule has 2 amide bonds. The van der Waals surface area contributed by atoms with Crippen molar-refractivity contribution in [3.05, 3.63) is 335 Å². The maximum absolute atomic E-state index is 13.0. The first-order valence-electron chi connectivity index (χ1n) is 35.6. The van der Waals surface area contributed by atoms with E-state index in [-0.39, 0.29) is 52.2 Å². The maximum Gasteiger partial charge on any atom is 0.233 e. The molecule has 0 heterocycles. The molecule has 3 unspecified atom stereocenters. The van der Waals surface area contributed by atoms with Crippen LogP contribution in [0.4, 0.5) is 0 Å². The molecule has 0 saturated heterocycles. The highest BCUT2D eigenvalue weighted by Crippen LogP contribution is 2.56. The van der Waals surface area contributed by atoms with Crippen molar-refractivity contribution in [2.45, 2.75) is 135 Å². The van der Waals surface area contributed by atoms with Crippen LogP contribution in [0.25, 0.3) is 0 Å². The maximum atomic E-state index is 13.0. The number of carbonyl (C=O) groups excluding carboxylic acids is 3. The van der Waals surface area contributed by atoms with Crippen LogP contribution in [0.1, 0.15) is 76.8 Å². The Bertz CT molecular complexity index is 4040. The quantitative estimate of drug-likeness (QED) is 0.0199. The SMILES string of the molecule is CCC([C@H](OCc1ccccc1)[C@H](OCc1ccccc1)[C@@H](/C=C/P(C)(C)=O)OCc1ccccc1)N(C=O)OCc1ccccc1.CCC([C@H](OCc1ccccc1)[C@H](OCc1ccccc1)[C@@H](C=O)OCc1ccccc1)N(C=O)OCc1ccccc1.CP(C)(=O)CP(C)(=O)OCc1ccccc1. The molecule has 9 rings (SSSR count).